The van der Waals surface area contributed by atoms with E-state index in [4.69, 9.17) is 10.8 Å². The van der Waals surface area contributed by atoms with E-state index in [1.165, 1.54) is 32.1 Å². The molecule has 0 bridgehead atoms. The first-order chi connectivity index (χ1) is 7.65. The number of carboxylic acids is 1. The first kappa shape index (κ1) is 13.5. The van der Waals surface area contributed by atoms with Crippen molar-refractivity contribution in [3.05, 3.63) is 0 Å². The summed E-state index contributed by atoms with van der Waals surface area (Å²) in [5, 5.41) is 9.11. The van der Waals surface area contributed by atoms with E-state index in [2.05, 4.69) is 0 Å². The lowest BCUT2D eigenvalue weighted by molar-refractivity contribution is -0.143. The van der Waals surface area contributed by atoms with Gasteiger partial charge in [-0.15, -0.1) is 0 Å². The quantitative estimate of drug-likeness (QED) is 0.719. The Balaban J connectivity index is 2.40. The molecule has 0 radical (unpaired) electrons. The van der Waals surface area contributed by atoms with Crippen molar-refractivity contribution in [1.82, 2.24) is 4.90 Å². The van der Waals surface area contributed by atoms with E-state index in [1.807, 2.05) is 11.9 Å². The Labute approximate surface area is 97.8 Å². The highest BCUT2D eigenvalue weighted by molar-refractivity contribution is 5.73. The van der Waals surface area contributed by atoms with Crippen molar-refractivity contribution in [2.24, 2.45) is 11.7 Å². The molecule has 16 heavy (non-hydrogen) atoms. The third-order valence-electron chi connectivity index (χ3n) is 3.53. The molecule has 1 aliphatic rings. The van der Waals surface area contributed by atoms with E-state index in [0.717, 1.165) is 6.54 Å². The molecule has 1 aliphatic carbocycles. The lowest BCUT2D eigenvalue weighted by atomic mass is 9.88. The number of hydrogen-bond acceptors (Lipinski definition) is 3. The summed E-state index contributed by atoms with van der Waals surface area (Å²) in [5.74, 6) is -0.0675. The predicted octanol–water partition coefficient (Wildman–Crippen LogP) is 1.30. The van der Waals surface area contributed by atoms with E-state index < -0.39 is 12.0 Å². The molecule has 0 saturated heterocycles. The van der Waals surface area contributed by atoms with Crippen LogP contribution in [0.1, 0.15) is 38.5 Å². The molecule has 0 aliphatic heterocycles. The van der Waals surface area contributed by atoms with Gasteiger partial charge in [0.2, 0.25) is 0 Å². The summed E-state index contributed by atoms with van der Waals surface area (Å²) >= 11 is 0. The summed E-state index contributed by atoms with van der Waals surface area (Å²) < 4.78 is 0. The first-order valence-corrected chi connectivity index (χ1v) is 6.28. The highest BCUT2D eigenvalue weighted by atomic mass is 16.4. The number of rotatable bonds is 6. The van der Waals surface area contributed by atoms with Crippen molar-refractivity contribution in [2.75, 3.05) is 20.1 Å². The van der Waals surface area contributed by atoms with Crippen LogP contribution < -0.4 is 5.73 Å². The zero-order valence-corrected chi connectivity index (χ0v) is 10.2. The number of aliphatic carboxylic acids is 1. The standard InChI is InChI=1S/C12H24N2O2/c1-14(11(7-8-13)12(15)16)9-10-5-3-2-4-6-10/h10-11H,2-9,13H2,1H3,(H,15,16). The number of hydrogen-bond donors (Lipinski definition) is 2. The minimum absolute atomic E-state index is 0.410. The average molecular weight is 228 g/mol. The third-order valence-corrected chi connectivity index (χ3v) is 3.53. The van der Waals surface area contributed by atoms with Crippen molar-refractivity contribution in [3.8, 4) is 0 Å². The number of likely N-dealkylation sites (N-methyl/N-ethyl adjacent to an activating group) is 1. The topological polar surface area (TPSA) is 66.6 Å². The Morgan fingerprint density at radius 1 is 1.44 bits per heavy atom. The largest absolute Gasteiger partial charge is 0.480 e. The van der Waals surface area contributed by atoms with Crippen LogP contribution in [0, 0.1) is 5.92 Å². The number of nitrogens with two attached hydrogens (primary N) is 1. The summed E-state index contributed by atoms with van der Waals surface area (Å²) in [6, 6.07) is -0.410. The molecule has 0 aromatic rings. The summed E-state index contributed by atoms with van der Waals surface area (Å²) in [4.78, 5) is 13.0. The molecular formula is C12H24N2O2. The normalized spacial score (nSPS) is 19.9. The van der Waals surface area contributed by atoms with Crippen LogP contribution in [0.5, 0.6) is 0 Å². The minimum atomic E-state index is -0.747. The smallest absolute Gasteiger partial charge is 0.320 e. The van der Waals surface area contributed by atoms with Gasteiger partial charge in [-0.05, 0) is 38.8 Å². The molecule has 0 aromatic heterocycles. The second-order valence-electron chi connectivity index (χ2n) is 4.87. The van der Waals surface area contributed by atoms with Gasteiger partial charge in [0.25, 0.3) is 0 Å². The molecule has 0 spiro atoms. The summed E-state index contributed by atoms with van der Waals surface area (Å²) in [6.45, 7) is 1.34. The van der Waals surface area contributed by atoms with Gasteiger partial charge < -0.3 is 10.8 Å². The summed E-state index contributed by atoms with van der Waals surface area (Å²) in [5.41, 5.74) is 5.45. The highest BCUT2D eigenvalue weighted by Crippen LogP contribution is 2.24. The average Bonchev–Trinajstić information content (AvgIpc) is 2.26. The van der Waals surface area contributed by atoms with Crippen molar-refractivity contribution < 1.29 is 9.90 Å². The second kappa shape index (κ2) is 6.86. The molecule has 3 N–H and O–H groups in total. The van der Waals surface area contributed by atoms with E-state index in [9.17, 15) is 4.79 Å². The van der Waals surface area contributed by atoms with Gasteiger partial charge in [0, 0.05) is 6.54 Å². The van der Waals surface area contributed by atoms with Crippen molar-refractivity contribution >= 4 is 5.97 Å². The van der Waals surface area contributed by atoms with Crippen LogP contribution in [0.4, 0.5) is 0 Å². The zero-order valence-electron chi connectivity index (χ0n) is 10.2. The van der Waals surface area contributed by atoms with Crippen LogP contribution in [-0.2, 0) is 4.79 Å². The number of nitrogens with zero attached hydrogens (tertiary/aromatic N) is 1. The predicted molar refractivity (Wildman–Crippen MR) is 64.3 cm³/mol. The van der Waals surface area contributed by atoms with Gasteiger partial charge in [0.05, 0.1) is 0 Å². The lowest BCUT2D eigenvalue weighted by Crippen LogP contribution is -2.42. The van der Waals surface area contributed by atoms with Crippen LogP contribution in [0.25, 0.3) is 0 Å². The fourth-order valence-electron chi connectivity index (χ4n) is 2.59. The Bertz CT molecular complexity index is 215. The molecule has 0 heterocycles. The van der Waals surface area contributed by atoms with Crippen LogP contribution >= 0.6 is 0 Å². The van der Waals surface area contributed by atoms with Gasteiger partial charge in [0.1, 0.15) is 6.04 Å². The molecule has 1 unspecified atom stereocenters. The van der Waals surface area contributed by atoms with E-state index in [1.54, 1.807) is 0 Å². The molecule has 1 atom stereocenters. The first-order valence-electron chi connectivity index (χ1n) is 6.28. The highest BCUT2D eigenvalue weighted by Gasteiger charge is 2.24. The van der Waals surface area contributed by atoms with Gasteiger partial charge in [-0.25, -0.2) is 0 Å². The third kappa shape index (κ3) is 4.10. The van der Waals surface area contributed by atoms with E-state index >= 15 is 0 Å². The maximum absolute atomic E-state index is 11.1. The Morgan fingerprint density at radius 3 is 2.56 bits per heavy atom. The molecule has 0 amide bonds. The Hall–Kier alpha value is -0.610. The van der Waals surface area contributed by atoms with Gasteiger partial charge in [-0.2, -0.15) is 0 Å². The number of carboxylic acid groups (broad SMARTS) is 1. The maximum atomic E-state index is 11.1. The SMILES string of the molecule is CN(CC1CCCCC1)C(CCN)C(=O)O. The molecule has 1 rings (SSSR count). The van der Waals surface area contributed by atoms with Crippen LogP contribution in [0.2, 0.25) is 0 Å². The molecule has 0 aromatic carbocycles. The van der Waals surface area contributed by atoms with Crippen LogP contribution in [-0.4, -0.2) is 42.2 Å². The Kier molecular flexibility index (Phi) is 5.77. The molecule has 1 saturated carbocycles. The van der Waals surface area contributed by atoms with Crippen molar-refractivity contribution in [1.29, 1.82) is 0 Å². The van der Waals surface area contributed by atoms with Crippen molar-refractivity contribution in [2.45, 2.75) is 44.6 Å². The monoisotopic (exact) mass is 228 g/mol. The fraction of sp³-hybridized carbons (Fsp3) is 0.917. The number of carbonyl (C=O) groups is 1. The minimum Gasteiger partial charge on any atom is -0.480 e. The van der Waals surface area contributed by atoms with Gasteiger partial charge in [-0.3, -0.25) is 9.69 Å². The molecular weight excluding hydrogens is 204 g/mol. The second-order valence-corrected chi connectivity index (χ2v) is 4.87. The molecule has 94 valence electrons. The maximum Gasteiger partial charge on any atom is 0.320 e. The Morgan fingerprint density at radius 2 is 2.06 bits per heavy atom. The summed E-state index contributed by atoms with van der Waals surface area (Å²) in [7, 11) is 1.91. The van der Waals surface area contributed by atoms with E-state index in [0.29, 0.717) is 18.9 Å². The molecule has 4 heteroatoms. The van der Waals surface area contributed by atoms with Crippen molar-refractivity contribution in [3.63, 3.8) is 0 Å². The van der Waals surface area contributed by atoms with E-state index in [-0.39, 0.29) is 0 Å². The van der Waals surface area contributed by atoms with Crippen LogP contribution in [0.15, 0.2) is 0 Å². The lowest BCUT2D eigenvalue weighted by Gasteiger charge is -2.30. The molecule has 4 nitrogen and oxygen atoms in total. The fourth-order valence-corrected chi connectivity index (χ4v) is 2.59. The van der Waals surface area contributed by atoms with Gasteiger partial charge in [-0.1, -0.05) is 19.3 Å². The zero-order chi connectivity index (χ0) is 12.0. The van der Waals surface area contributed by atoms with Crippen LogP contribution in [0.3, 0.4) is 0 Å². The van der Waals surface area contributed by atoms with Gasteiger partial charge >= 0.3 is 5.97 Å². The molecule has 1 fully saturated rings. The summed E-state index contributed by atoms with van der Waals surface area (Å²) in [6.07, 6.45) is 6.98. The van der Waals surface area contributed by atoms with Gasteiger partial charge in [0.15, 0.2) is 0 Å².